The molecule has 1 aliphatic heterocycles. The molecule has 4 rings (SSSR count). The smallest absolute Gasteiger partial charge is 0.266 e. The fourth-order valence-corrected chi connectivity index (χ4v) is 5.73. The number of nitrogens with zero attached hydrogens (tertiary/aromatic N) is 3. The predicted molar refractivity (Wildman–Crippen MR) is 122 cm³/mol. The molecule has 1 aliphatic rings. The van der Waals surface area contributed by atoms with Gasteiger partial charge in [-0.1, -0.05) is 29.8 Å². The molecular weight excluding hydrogens is 491 g/mol. The summed E-state index contributed by atoms with van der Waals surface area (Å²) in [4.78, 5) is 16.7. The van der Waals surface area contributed by atoms with Gasteiger partial charge in [-0.05, 0) is 36.1 Å². The number of carbonyl (C=O) groups is 1. The second-order valence-corrected chi connectivity index (χ2v) is 10.3. The maximum atomic E-state index is 14.8. The molecule has 174 valence electrons. The maximum Gasteiger partial charge on any atom is 0.266 e. The first-order valence-electron chi connectivity index (χ1n) is 9.97. The molecule has 0 unspecified atom stereocenters. The van der Waals surface area contributed by atoms with Crippen LogP contribution in [0.4, 0.5) is 9.52 Å². The number of amides is 1. The van der Waals surface area contributed by atoms with E-state index in [0.29, 0.717) is 13.1 Å². The van der Waals surface area contributed by atoms with Crippen LogP contribution in [0, 0.1) is 5.82 Å². The lowest BCUT2D eigenvalue weighted by Gasteiger charge is -2.31. The Balaban J connectivity index is 1.59. The van der Waals surface area contributed by atoms with Gasteiger partial charge < -0.3 is 9.64 Å². The zero-order valence-electron chi connectivity index (χ0n) is 17.7. The number of halogens is 2. The first-order chi connectivity index (χ1) is 15.7. The number of fused-ring (bicyclic) bond motifs is 1. The van der Waals surface area contributed by atoms with E-state index in [1.54, 1.807) is 11.8 Å². The highest BCUT2D eigenvalue weighted by Gasteiger charge is 2.26. The molecule has 0 spiro atoms. The molecule has 33 heavy (non-hydrogen) atoms. The van der Waals surface area contributed by atoms with E-state index in [0.717, 1.165) is 46.8 Å². The summed E-state index contributed by atoms with van der Waals surface area (Å²) in [7, 11) is -4.25. The third kappa shape index (κ3) is 4.94. The summed E-state index contributed by atoms with van der Waals surface area (Å²) in [6.07, 6.45) is 1.40. The van der Waals surface area contributed by atoms with E-state index in [4.69, 9.17) is 16.3 Å². The third-order valence-electron chi connectivity index (χ3n) is 5.36. The molecule has 0 saturated carbocycles. The van der Waals surface area contributed by atoms with Crippen molar-refractivity contribution in [1.82, 2.24) is 14.3 Å². The number of hydrogen-bond acceptors (Lipinski definition) is 7. The van der Waals surface area contributed by atoms with Crippen molar-refractivity contribution in [3.63, 3.8) is 0 Å². The largest absolute Gasteiger partial charge is 0.484 e. The van der Waals surface area contributed by atoms with Gasteiger partial charge in [-0.15, -0.1) is 0 Å². The average Bonchev–Trinajstić information content (AvgIpc) is 3.27. The van der Waals surface area contributed by atoms with Gasteiger partial charge in [0.1, 0.15) is 28.9 Å². The molecule has 1 amide bonds. The van der Waals surface area contributed by atoms with Gasteiger partial charge in [-0.3, -0.25) is 9.52 Å². The van der Waals surface area contributed by atoms with Crippen LogP contribution in [0.2, 0.25) is 5.02 Å². The lowest BCUT2D eigenvalue weighted by molar-refractivity contribution is -0.129. The van der Waals surface area contributed by atoms with Crippen LogP contribution in [-0.2, 0) is 27.8 Å². The summed E-state index contributed by atoms with van der Waals surface area (Å²) < 4.78 is 51.6. The molecular formula is C21H20ClFN4O4S2. The van der Waals surface area contributed by atoms with Crippen LogP contribution in [0.15, 0.2) is 41.6 Å². The van der Waals surface area contributed by atoms with Crippen molar-refractivity contribution < 1.29 is 22.3 Å². The second-order valence-electron chi connectivity index (χ2n) is 7.50. The Kier molecular flexibility index (Phi) is 6.55. The Bertz CT molecular complexity index is 1300. The summed E-state index contributed by atoms with van der Waals surface area (Å²) >= 11 is 7.09. The highest BCUT2D eigenvalue weighted by atomic mass is 35.5. The molecule has 0 aliphatic carbocycles. The van der Waals surface area contributed by atoms with E-state index in [2.05, 4.69) is 14.1 Å². The molecule has 1 aromatic heterocycles. The van der Waals surface area contributed by atoms with E-state index in [1.807, 2.05) is 18.2 Å². The molecule has 3 aromatic rings. The van der Waals surface area contributed by atoms with Gasteiger partial charge in [0, 0.05) is 37.6 Å². The van der Waals surface area contributed by atoms with Gasteiger partial charge in [0.25, 0.3) is 10.0 Å². The summed E-state index contributed by atoms with van der Waals surface area (Å²) in [6, 6.07) is 7.77. The first kappa shape index (κ1) is 23.4. The number of ether oxygens (including phenoxy) is 1. The number of nitrogens with one attached hydrogen (secondary N) is 1. The number of sulfonamides is 1. The fourth-order valence-electron chi connectivity index (χ4n) is 3.71. The zero-order valence-corrected chi connectivity index (χ0v) is 20.1. The van der Waals surface area contributed by atoms with Crippen molar-refractivity contribution in [3.05, 3.63) is 64.2 Å². The molecule has 12 heteroatoms. The minimum absolute atomic E-state index is 0.00641. The quantitative estimate of drug-likeness (QED) is 0.534. The Hall–Kier alpha value is -2.76. The van der Waals surface area contributed by atoms with E-state index >= 15 is 0 Å². The second kappa shape index (κ2) is 9.24. The topological polar surface area (TPSA) is 101 Å². The van der Waals surface area contributed by atoms with Gasteiger partial charge >= 0.3 is 0 Å². The fraction of sp³-hybridized carbons (Fsp3) is 0.286. The molecule has 8 nitrogen and oxygen atoms in total. The first-order valence-corrected chi connectivity index (χ1v) is 12.6. The molecule has 0 fully saturated rings. The third-order valence-corrected chi connectivity index (χ3v) is 7.71. The number of aromatic nitrogens is 2. The maximum absolute atomic E-state index is 14.8. The van der Waals surface area contributed by atoms with Crippen LogP contribution in [-0.4, -0.2) is 35.1 Å². The minimum atomic E-state index is -4.25. The van der Waals surface area contributed by atoms with Crippen molar-refractivity contribution in [1.29, 1.82) is 0 Å². The van der Waals surface area contributed by atoms with Crippen molar-refractivity contribution in [2.45, 2.75) is 37.8 Å². The van der Waals surface area contributed by atoms with Crippen molar-refractivity contribution in [2.24, 2.45) is 0 Å². The van der Waals surface area contributed by atoms with Gasteiger partial charge in [0.05, 0.1) is 5.02 Å². The van der Waals surface area contributed by atoms with Crippen LogP contribution < -0.4 is 9.46 Å². The lowest BCUT2D eigenvalue weighted by atomic mass is 9.92. The van der Waals surface area contributed by atoms with E-state index in [-0.39, 0.29) is 21.8 Å². The molecule has 0 bridgehead atoms. The highest BCUT2D eigenvalue weighted by molar-refractivity contribution is 7.93. The minimum Gasteiger partial charge on any atom is -0.484 e. The Morgan fingerprint density at radius 3 is 2.85 bits per heavy atom. The highest BCUT2D eigenvalue weighted by Crippen LogP contribution is 2.35. The number of carbonyl (C=O) groups excluding carboxylic acids is 1. The van der Waals surface area contributed by atoms with Gasteiger partial charge in [0.15, 0.2) is 0 Å². The van der Waals surface area contributed by atoms with Crippen LogP contribution in [0.25, 0.3) is 0 Å². The molecule has 1 N–H and O–H groups in total. The van der Waals surface area contributed by atoms with Gasteiger partial charge in [-0.2, -0.15) is 4.37 Å². The van der Waals surface area contributed by atoms with Gasteiger partial charge in [-0.25, -0.2) is 17.8 Å². The summed E-state index contributed by atoms with van der Waals surface area (Å²) in [5.41, 5.74) is 2.97. The van der Waals surface area contributed by atoms with Gasteiger partial charge in [0.2, 0.25) is 11.0 Å². The summed E-state index contributed by atoms with van der Waals surface area (Å²) in [5, 5.41) is -0.0519. The number of benzene rings is 2. The standard InChI is InChI=1S/C21H20ClFN4O4S2/c1-12(15-5-3-4-14-6-7-27(13(2)28)10-16(14)15)31-19-9-18(23)20(8-17(19)22)33(29,30)26-21-24-11-25-32-21/h3-5,8-9,11-12H,6-7,10H2,1-2H3,(H,24,25,26)/t12-/m1/s1. The van der Waals surface area contributed by atoms with Crippen LogP contribution in [0.5, 0.6) is 5.75 Å². The Labute approximate surface area is 199 Å². The molecule has 2 aromatic carbocycles. The number of rotatable bonds is 6. The monoisotopic (exact) mass is 510 g/mol. The van der Waals surface area contributed by atoms with Crippen molar-refractivity contribution in [3.8, 4) is 5.75 Å². The average molecular weight is 511 g/mol. The number of hydrogen-bond donors (Lipinski definition) is 1. The van der Waals surface area contributed by atoms with E-state index in [9.17, 15) is 17.6 Å². The molecule has 1 atom stereocenters. The van der Waals surface area contributed by atoms with Crippen LogP contribution in [0.1, 0.15) is 36.6 Å². The summed E-state index contributed by atoms with van der Waals surface area (Å²) in [5.74, 6) is -1.02. The molecule has 0 radical (unpaired) electrons. The van der Waals surface area contributed by atoms with Crippen molar-refractivity contribution in [2.75, 3.05) is 11.3 Å². The zero-order chi connectivity index (χ0) is 23.8. The SMILES string of the molecule is CC(=O)N1CCc2cccc([C@@H](C)Oc3cc(F)c(S(=O)(=O)Nc4ncns4)cc3Cl)c2C1. The Morgan fingerprint density at radius 1 is 1.36 bits per heavy atom. The normalized spacial score (nSPS) is 14.5. The number of anilines is 1. The van der Waals surface area contributed by atoms with Crippen molar-refractivity contribution >= 4 is 44.2 Å². The van der Waals surface area contributed by atoms with E-state index < -0.39 is 26.8 Å². The lowest BCUT2D eigenvalue weighted by Crippen LogP contribution is -2.35. The predicted octanol–water partition coefficient (Wildman–Crippen LogP) is 4.18. The molecule has 0 saturated heterocycles. The van der Waals surface area contributed by atoms with E-state index in [1.165, 1.54) is 13.3 Å². The van der Waals surface area contributed by atoms with Crippen LogP contribution >= 0.6 is 23.1 Å². The van der Waals surface area contributed by atoms with Crippen LogP contribution in [0.3, 0.4) is 0 Å². The summed E-state index contributed by atoms with van der Waals surface area (Å²) in [6.45, 7) is 4.44. The molecule has 2 heterocycles. The Morgan fingerprint density at radius 2 is 2.15 bits per heavy atom.